The maximum absolute atomic E-state index is 11.8. The van der Waals surface area contributed by atoms with Gasteiger partial charge < -0.3 is 31.9 Å². The van der Waals surface area contributed by atoms with Gasteiger partial charge in [-0.25, -0.2) is 0 Å². The highest BCUT2D eigenvalue weighted by Gasteiger charge is 2.25. The second-order valence-corrected chi connectivity index (χ2v) is 5.46. The molecule has 0 saturated heterocycles. The highest BCUT2D eigenvalue weighted by molar-refractivity contribution is 5.93. The van der Waals surface area contributed by atoms with Crippen LogP contribution in [0.4, 0.5) is 0 Å². The summed E-state index contributed by atoms with van der Waals surface area (Å²) in [5.74, 6) is -5.08. The molecule has 11 nitrogen and oxygen atoms in total. The molecule has 0 aromatic heterocycles. The Balaban J connectivity index is 4.60. The largest absolute Gasteiger partial charge is 0.481 e. The predicted molar refractivity (Wildman–Crippen MR) is 85.3 cm³/mol. The number of amides is 3. The molecule has 142 valence electrons. The maximum Gasteiger partial charge on any atom is 0.322 e. The zero-order valence-electron chi connectivity index (χ0n) is 14.1. The van der Waals surface area contributed by atoms with Crippen LogP contribution in [0.1, 0.15) is 26.7 Å². The fourth-order valence-corrected chi connectivity index (χ4v) is 1.71. The molecule has 11 heteroatoms. The molecule has 0 aliphatic rings. The van der Waals surface area contributed by atoms with Crippen molar-refractivity contribution in [1.29, 1.82) is 0 Å². The van der Waals surface area contributed by atoms with E-state index in [1.165, 1.54) is 0 Å². The van der Waals surface area contributed by atoms with Gasteiger partial charge in [0.2, 0.25) is 17.7 Å². The minimum Gasteiger partial charge on any atom is -0.481 e. The Morgan fingerprint density at radius 1 is 0.960 bits per heavy atom. The van der Waals surface area contributed by atoms with Crippen LogP contribution in [-0.2, 0) is 24.0 Å². The number of nitrogens with one attached hydrogen (secondary N) is 3. The summed E-state index contributed by atoms with van der Waals surface area (Å²) in [7, 11) is 0. The Morgan fingerprint density at radius 2 is 1.52 bits per heavy atom. The molecule has 0 radical (unpaired) electrons. The zero-order chi connectivity index (χ0) is 19.6. The summed E-state index contributed by atoms with van der Waals surface area (Å²) in [4.78, 5) is 56.5. The standard InChI is InChI=1S/C14H24N4O7/c1-3-7(2)12(15)14(25)16-5-9(19)18-8(4-10(20)21)13(24)17-6-11(22)23/h7-8,12H,3-6,15H2,1-2H3,(H,16,25)(H,17,24)(H,18,19)(H,20,21)(H,22,23). The lowest BCUT2D eigenvalue weighted by atomic mass is 9.99. The van der Waals surface area contributed by atoms with Crippen LogP contribution in [0.25, 0.3) is 0 Å². The van der Waals surface area contributed by atoms with Gasteiger partial charge in [0.1, 0.15) is 12.6 Å². The molecule has 0 spiro atoms. The Hall–Kier alpha value is -2.69. The van der Waals surface area contributed by atoms with Gasteiger partial charge in [-0.15, -0.1) is 0 Å². The summed E-state index contributed by atoms with van der Waals surface area (Å²) in [6.45, 7) is 2.42. The fraction of sp³-hybridized carbons (Fsp3) is 0.643. The van der Waals surface area contributed by atoms with Crippen LogP contribution < -0.4 is 21.7 Å². The van der Waals surface area contributed by atoms with Crippen molar-refractivity contribution in [3.05, 3.63) is 0 Å². The lowest BCUT2D eigenvalue weighted by Gasteiger charge is -2.19. The van der Waals surface area contributed by atoms with Crippen LogP contribution in [-0.4, -0.2) is 65.0 Å². The van der Waals surface area contributed by atoms with Crippen LogP contribution >= 0.6 is 0 Å². The second-order valence-electron chi connectivity index (χ2n) is 5.46. The monoisotopic (exact) mass is 360 g/mol. The van der Waals surface area contributed by atoms with Crippen LogP contribution in [0.2, 0.25) is 0 Å². The Bertz CT molecular complexity index is 523. The smallest absolute Gasteiger partial charge is 0.322 e. The maximum atomic E-state index is 11.8. The molecule has 0 rings (SSSR count). The number of rotatable bonds is 11. The summed E-state index contributed by atoms with van der Waals surface area (Å²) < 4.78 is 0. The van der Waals surface area contributed by atoms with Gasteiger partial charge in [0.15, 0.2) is 0 Å². The molecule has 0 fully saturated rings. The van der Waals surface area contributed by atoms with E-state index < -0.39 is 61.3 Å². The SMILES string of the molecule is CCC(C)C(N)C(=O)NCC(=O)NC(CC(=O)O)C(=O)NCC(=O)O. The Morgan fingerprint density at radius 3 is 2.00 bits per heavy atom. The normalized spacial score (nSPS) is 13.9. The molecule has 3 amide bonds. The highest BCUT2D eigenvalue weighted by Crippen LogP contribution is 2.04. The van der Waals surface area contributed by atoms with E-state index in [-0.39, 0.29) is 5.92 Å². The number of carbonyl (C=O) groups is 5. The van der Waals surface area contributed by atoms with E-state index >= 15 is 0 Å². The van der Waals surface area contributed by atoms with E-state index in [9.17, 15) is 24.0 Å². The molecular formula is C14H24N4O7. The van der Waals surface area contributed by atoms with Crippen molar-refractivity contribution in [2.45, 2.75) is 38.8 Å². The topological polar surface area (TPSA) is 188 Å². The third-order valence-corrected chi connectivity index (χ3v) is 3.43. The first-order chi connectivity index (χ1) is 11.6. The number of carbonyl (C=O) groups excluding carboxylic acids is 3. The van der Waals surface area contributed by atoms with Crippen molar-refractivity contribution < 1.29 is 34.2 Å². The Labute approximate surface area is 144 Å². The molecule has 7 N–H and O–H groups in total. The second kappa shape index (κ2) is 11.0. The molecule has 0 aliphatic heterocycles. The highest BCUT2D eigenvalue weighted by atomic mass is 16.4. The molecule has 0 saturated carbocycles. The molecule has 0 aromatic rings. The van der Waals surface area contributed by atoms with Crippen LogP contribution in [0.3, 0.4) is 0 Å². The molecule has 3 atom stereocenters. The lowest BCUT2D eigenvalue weighted by molar-refractivity contribution is -0.141. The van der Waals surface area contributed by atoms with E-state index in [4.69, 9.17) is 15.9 Å². The molecule has 0 aliphatic carbocycles. The van der Waals surface area contributed by atoms with Gasteiger partial charge in [0.25, 0.3) is 0 Å². The first kappa shape index (κ1) is 22.3. The molecule has 0 heterocycles. The van der Waals surface area contributed by atoms with Crippen LogP contribution in [0.15, 0.2) is 0 Å². The first-order valence-electron chi connectivity index (χ1n) is 7.62. The number of carboxylic acid groups (broad SMARTS) is 2. The van der Waals surface area contributed by atoms with Crippen molar-refractivity contribution in [2.24, 2.45) is 11.7 Å². The Kier molecular flexibility index (Phi) is 9.79. The molecule has 0 aromatic carbocycles. The first-order valence-corrected chi connectivity index (χ1v) is 7.62. The minimum absolute atomic E-state index is 0.0929. The number of carboxylic acids is 2. The number of aliphatic carboxylic acids is 2. The fourth-order valence-electron chi connectivity index (χ4n) is 1.71. The van der Waals surface area contributed by atoms with E-state index in [1.807, 2.05) is 12.2 Å². The number of hydrogen-bond acceptors (Lipinski definition) is 6. The zero-order valence-corrected chi connectivity index (χ0v) is 14.1. The van der Waals surface area contributed by atoms with Crippen molar-refractivity contribution in [3.8, 4) is 0 Å². The van der Waals surface area contributed by atoms with Crippen molar-refractivity contribution in [2.75, 3.05) is 13.1 Å². The third kappa shape index (κ3) is 9.25. The van der Waals surface area contributed by atoms with Gasteiger partial charge >= 0.3 is 11.9 Å². The van der Waals surface area contributed by atoms with Crippen molar-refractivity contribution in [3.63, 3.8) is 0 Å². The average molecular weight is 360 g/mol. The third-order valence-electron chi connectivity index (χ3n) is 3.43. The quantitative estimate of drug-likeness (QED) is 0.236. The van der Waals surface area contributed by atoms with Gasteiger partial charge in [-0.05, 0) is 5.92 Å². The molecular weight excluding hydrogens is 336 g/mol. The van der Waals surface area contributed by atoms with Crippen LogP contribution in [0, 0.1) is 5.92 Å². The number of hydrogen-bond donors (Lipinski definition) is 6. The van der Waals surface area contributed by atoms with Gasteiger partial charge in [0, 0.05) is 0 Å². The predicted octanol–water partition coefficient (Wildman–Crippen LogP) is -2.36. The summed E-state index contributed by atoms with van der Waals surface area (Å²) >= 11 is 0. The van der Waals surface area contributed by atoms with Gasteiger partial charge in [0.05, 0.1) is 19.0 Å². The van der Waals surface area contributed by atoms with Crippen LogP contribution in [0.5, 0.6) is 0 Å². The summed E-state index contributed by atoms with van der Waals surface area (Å²) in [6.07, 6.45) is -0.0667. The average Bonchev–Trinajstić information content (AvgIpc) is 2.54. The number of nitrogens with two attached hydrogens (primary N) is 1. The van der Waals surface area contributed by atoms with E-state index in [1.54, 1.807) is 6.92 Å². The minimum atomic E-state index is -1.47. The van der Waals surface area contributed by atoms with Gasteiger partial charge in [-0.3, -0.25) is 24.0 Å². The summed E-state index contributed by atoms with van der Waals surface area (Å²) in [5.41, 5.74) is 5.70. The summed E-state index contributed by atoms with van der Waals surface area (Å²) in [6, 6.07) is -2.27. The van der Waals surface area contributed by atoms with E-state index in [0.717, 1.165) is 0 Å². The molecule has 0 bridgehead atoms. The van der Waals surface area contributed by atoms with Gasteiger partial charge in [-0.2, -0.15) is 0 Å². The summed E-state index contributed by atoms with van der Waals surface area (Å²) in [5, 5.41) is 23.7. The molecule has 3 unspecified atom stereocenters. The van der Waals surface area contributed by atoms with Crippen molar-refractivity contribution >= 4 is 29.7 Å². The van der Waals surface area contributed by atoms with Crippen molar-refractivity contribution in [1.82, 2.24) is 16.0 Å². The lowest BCUT2D eigenvalue weighted by Crippen LogP contribution is -2.52. The van der Waals surface area contributed by atoms with E-state index in [2.05, 4.69) is 10.6 Å². The van der Waals surface area contributed by atoms with E-state index in [0.29, 0.717) is 6.42 Å². The van der Waals surface area contributed by atoms with Gasteiger partial charge in [-0.1, -0.05) is 20.3 Å². The molecule has 25 heavy (non-hydrogen) atoms.